The van der Waals surface area contributed by atoms with Gasteiger partial charge in [0.15, 0.2) is 0 Å². The maximum absolute atomic E-state index is 11.8. The lowest BCUT2D eigenvalue weighted by Crippen LogP contribution is -2.37. The molecule has 1 saturated heterocycles. The van der Waals surface area contributed by atoms with E-state index in [0.29, 0.717) is 11.8 Å². The van der Waals surface area contributed by atoms with Gasteiger partial charge in [0.25, 0.3) is 0 Å². The fraction of sp³-hybridized carbons (Fsp3) is 0.917. The zero-order valence-electron chi connectivity index (χ0n) is 10.6. The van der Waals surface area contributed by atoms with Crippen LogP contribution in [0.2, 0.25) is 0 Å². The Kier molecular flexibility index (Phi) is 2.86. The van der Waals surface area contributed by atoms with Gasteiger partial charge in [-0.25, -0.2) is 4.79 Å². The van der Waals surface area contributed by atoms with E-state index in [1.165, 1.54) is 0 Å². The first-order valence-electron chi connectivity index (χ1n) is 6.05. The SMILES string of the molecule is CNCC1[C@H]2CN(C(=O)OC(C)(C)C)C[C@@H]12. The molecular weight excluding hydrogens is 204 g/mol. The van der Waals surface area contributed by atoms with E-state index in [4.69, 9.17) is 4.74 Å². The van der Waals surface area contributed by atoms with E-state index in [2.05, 4.69) is 5.32 Å². The van der Waals surface area contributed by atoms with E-state index in [-0.39, 0.29) is 11.7 Å². The highest BCUT2D eigenvalue weighted by atomic mass is 16.6. The average molecular weight is 226 g/mol. The van der Waals surface area contributed by atoms with Gasteiger partial charge in [-0.05, 0) is 52.1 Å². The molecule has 0 aromatic carbocycles. The van der Waals surface area contributed by atoms with Crippen molar-refractivity contribution in [3.05, 3.63) is 0 Å². The third kappa shape index (κ3) is 2.32. The standard InChI is InChI=1S/C12H22N2O2/c1-12(2,3)16-11(15)14-6-9-8(5-13-4)10(9)7-14/h8-10,13H,5-7H2,1-4H3/t8?,9-,10+. The molecule has 1 unspecified atom stereocenters. The van der Waals surface area contributed by atoms with Crippen molar-refractivity contribution in [2.75, 3.05) is 26.7 Å². The zero-order valence-corrected chi connectivity index (χ0v) is 10.6. The number of piperidine rings is 1. The van der Waals surface area contributed by atoms with Crippen molar-refractivity contribution >= 4 is 6.09 Å². The Labute approximate surface area is 97.3 Å². The minimum Gasteiger partial charge on any atom is -0.444 e. The lowest BCUT2D eigenvalue weighted by Gasteiger charge is -2.25. The van der Waals surface area contributed by atoms with Crippen LogP contribution in [0.5, 0.6) is 0 Å². The number of likely N-dealkylation sites (tertiary alicyclic amines) is 1. The lowest BCUT2D eigenvalue weighted by molar-refractivity contribution is 0.0266. The van der Waals surface area contributed by atoms with Gasteiger partial charge < -0.3 is 15.0 Å². The second kappa shape index (κ2) is 3.91. The van der Waals surface area contributed by atoms with Crippen molar-refractivity contribution in [1.82, 2.24) is 10.2 Å². The molecule has 1 aliphatic heterocycles. The van der Waals surface area contributed by atoms with Crippen molar-refractivity contribution in [3.8, 4) is 0 Å². The molecule has 0 aromatic heterocycles. The molecule has 2 aliphatic rings. The fourth-order valence-electron chi connectivity index (χ4n) is 2.66. The largest absolute Gasteiger partial charge is 0.444 e. The highest BCUT2D eigenvalue weighted by Gasteiger charge is 2.56. The molecule has 0 aromatic rings. The average Bonchev–Trinajstić information content (AvgIpc) is 2.60. The van der Waals surface area contributed by atoms with E-state index in [9.17, 15) is 4.79 Å². The number of fused-ring (bicyclic) bond motifs is 1. The number of nitrogens with one attached hydrogen (secondary N) is 1. The summed E-state index contributed by atoms with van der Waals surface area (Å²) in [7, 11) is 1.99. The number of carbonyl (C=O) groups is 1. The summed E-state index contributed by atoms with van der Waals surface area (Å²) in [4.78, 5) is 13.6. The van der Waals surface area contributed by atoms with Crippen LogP contribution in [0.1, 0.15) is 20.8 Å². The van der Waals surface area contributed by atoms with Crippen LogP contribution in [-0.4, -0.2) is 43.3 Å². The van der Waals surface area contributed by atoms with Gasteiger partial charge in [0.1, 0.15) is 5.60 Å². The van der Waals surface area contributed by atoms with Gasteiger partial charge in [0.2, 0.25) is 0 Å². The minimum absolute atomic E-state index is 0.150. The molecule has 2 rings (SSSR count). The predicted octanol–water partition coefficient (Wildman–Crippen LogP) is 1.32. The molecule has 4 heteroatoms. The summed E-state index contributed by atoms with van der Waals surface area (Å²) >= 11 is 0. The maximum atomic E-state index is 11.8. The third-order valence-electron chi connectivity index (χ3n) is 3.46. The Balaban J connectivity index is 1.78. The zero-order chi connectivity index (χ0) is 11.9. The molecule has 1 N–H and O–H groups in total. The van der Waals surface area contributed by atoms with Crippen LogP contribution in [0.3, 0.4) is 0 Å². The highest BCUT2D eigenvalue weighted by Crippen LogP contribution is 2.51. The summed E-state index contributed by atoms with van der Waals surface area (Å²) in [5.41, 5.74) is -0.381. The van der Waals surface area contributed by atoms with Crippen LogP contribution < -0.4 is 5.32 Å². The number of amides is 1. The predicted molar refractivity (Wildman–Crippen MR) is 62.2 cm³/mol. The number of hydrogen-bond donors (Lipinski definition) is 1. The van der Waals surface area contributed by atoms with Crippen molar-refractivity contribution in [3.63, 3.8) is 0 Å². The van der Waals surface area contributed by atoms with Gasteiger partial charge in [0, 0.05) is 13.1 Å². The minimum atomic E-state index is -0.381. The van der Waals surface area contributed by atoms with Gasteiger partial charge in [-0.1, -0.05) is 0 Å². The number of nitrogens with zero attached hydrogens (tertiary/aromatic N) is 1. The number of rotatable bonds is 2. The van der Waals surface area contributed by atoms with E-state index in [1.54, 1.807) is 0 Å². The first-order valence-corrected chi connectivity index (χ1v) is 6.05. The molecule has 1 heterocycles. The van der Waals surface area contributed by atoms with Gasteiger partial charge >= 0.3 is 6.09 Å². The molecule has 92 valence electrons. The third-order valence-corrected chi connectivity index (χ3v) is 3.46. The van der Waals surface area contributed by atoms with E-state index in [0.717, 1.165) is 25.6 Å². The van der Waals surface area contributed by atoms with Gasteiger partial charge in [0.05, 0.1) is 0 Å². The second-order valence-corrected chi connectivity index (χ2v) is 5.93. The van der Waals surface area contributed by atoms with Crippen molar-refractivity contribution in [2.45, 2.75) is 26.4 Å². The molecule has 1 amide bonds. The molecule has 0 radical (unpaired) electrons. The summed E-state index contributed by atoms with van der Waals surface area (Å²) in [6.45, 7) is 8.57. The Hall–Kier alpha value is -0.770. The van der Waals surface area contributed by atoms with Crippen LogP contribution in [0.25, 0.3) is 0 Å². The topological polar surface area (TPSA) is 41.6 Å². The van der Waals surface area contributed by atoms with E-state index >= 15 is 0 Å². The highest BCUT2D eigenvalue weighted by molar-refractivity contribution is 5.68. The molecule has 2 fully saturated rings. The number of hydrogen-bond acceptors (Lipinski definition) is 3. The van der Waals surface area contributed by atoms with Gasteiger partial charge in [-0.3, -0.25) is 0 Å². The molecule has 4 nitrogen and oxygen atoms in total. The fourth-order valence-corrected chi connectivity index (χ4v) is 2.66. The number of carbonyl (C=O) groups excluding carboxylic acids is 1. The lowest BCUT2D eigenvalue weighted by atomic mass is 10.2. The monoisotopic (exact) mass is 226 g/mol. The smallest absolute Gasteiger partial charge is 0.410 e. The van der Waals surface area contributed by atoms with E-state index in [1.807, 2.05) is 32.7 Å². The first kappa shape index (κ1) is 11.7. The Morgan fingerprint density at radius 2 is 1.94 bits per heavy atom. The number of ether oxygens (including phenoxy) is 1. The van der Waals surface area contributed by atoms with Crippen LogP contribution in [0, 0.1) is 17.8 Å². The van der Waals surface area contributed by atoms with Crippen molar-refractivity contribution in [1.29, 1.82) is 0 Å². The molecule has 0 bridgehead atoms. The Morgan fingerprint density at radius 1 is 1.38 bits per heavy atom. The van der Waals surface area contributed by atoms with Crippen LogP contribution >= 0.6 is 0 Å². The molecule has 1 saturated carbocycles. The summed E-state index contributed by atoms with van der Waals surface area (Å²) < 4.78 is 5.36. The van der Waals surface area contributed by atoms with Gasteiger partial charge in [-0.2, -0.15) is 0 Å². The van der Waals surface area contributed by atoms with Crippen LogP contribution in [0.4, 0.5) is 4.79 Å². The van der Waals surface area contributed by atoms with Crippen molar-refractivity contribution < 1.29 is 9.53 Å². The Bertz CT molecular complexity index is 273. The van der Waals surface area contributed by atoms with Crippen LogP contribution in [0.15, 0.2) is 0 Å². The van der Waals surface area contributed by atoms with E-state index < -0.39 is 0 Å². The van der Waals surface area contributed by atoms with Crippen molar-refractivity contribution in [2.24, 2.45) is 17.8 Å². The molecule has 1 aliphatic carbocycles. The van der Waals surface area contributed by atoms with Crippen LogP contribution in [-0.2, 0) is 4.74 Å². The molecule has 16 heavy (non-hydrogen) atoms. The molecule has 3 atom stereocenters. The summed E-state index contributed by atoms with van der Waals surface area (Å²) in [5, 5.41) is 3.21. The summed E-state index contributed by atoms with van der Waals surface area (Å²) in [6, 6.07) is 0. The Morgan fingerprint density at radius 3 is 2.38 bits per heavy atom. The maximum Gasteiger partial charge on any atom is 0.410 e. The summed E-state index contributed by atoms with van der Waals surface area (Å²) in [5.74, 6) is 2.20. The summed E-state index contributed by atoms with van der Waals surface area (Å²) in [6.07, 6.45) is -0.150. The normalized spacial score (nSPS) is 32.5. The first-order chi connectivity index (χ1) is 7.42. The second-order valence-electron chi connectivity index (χ2n) is 5.93. The molecular formula is C12H22N2O2. The molecule has 0 spiro atoms. The quantitative estimate of drug-likeness (QED) is 0.772. The van der Waals surface area contributed by atoms with Gasteiger partial charge in [-0.15, -0.1) is 0 Å².